The lowest BCUT2D eigenvalue weighted by molar-refractivity contribution is 0.338. The highest BCUT2D eigenvalue weighted by atomic mass is 16.5. The van der Waals surface area contributed by atoms with Crippen molar-refractivity contribution < 1.29 is 4.74 Å². The summed E-state index contributed by atoms with van der Waals surface area (Å²) < 4.78 is 5.54. The molecule has 0 saturated carbocycles. The van der Waals surface area contributed by atoms with E-state index in [1.165, 1.54) is 17.7 Å². The first-order chi connectivity index (χ1) is 7.70. The van der Waals surface area contributed by atoms with E-state index in [4.69, 9.17) is 4.74 Å². The van der Waals surface area contributed by atoms with Crippen LogP contribution >= 0.6 is 0 Å². The summed E-state index contributed by atoms with van der Waals surface area (Å²) in [7, 11) is 0. The lowest BCUT2D eigenvalue weighted by Crippen LogP contribution is -2.26. The Labute approximate surface area is 98.0 Å². The van der Waals surface area contributed by atoms with Crippen LogP contribution in [0.25, 0.3) is 0 Å². The van der Waals surface area contributed by atoms with E-state index in [-0.39, 0.29) is 0 Å². The quantitative estimate of drug-likeness (QED) is 0.842. The average molecular weight is 219 g/mol. The van der Waals surface area contributed by atoms with Gasteiger partial charge in [-0.25, -0.2) is 0 Å². The molecule has 16 heavy (non-hydrogen) atoms. The molecule has 1 atom stereocenters. The van der Waals surface area contributed by atoms with Crippen molar-refractivity contribution in [3.63, 3.8) is 0 Å². The normalized spacial score (nSPS) is 19.1. The molecule has 2 heteroatoms. The van der Waals surface area contributed by atoms with E-state index >= 15 is 0 Å². The van der Waals surface area contributed by atoms with Crippen molar-refractivity contribution in [3.05, 3.63) is 23.8 Å². The van der Waals surface area contributed by atoms with Crippen LogP contribution in [0.15, 0.2) is 18.2 Å². The highest BCUT2D eigenvalue weighted by molar-refractivity contribution is 5.56. The monoisotopic (exact) mass is 219 g/mol. The fourth-order valence-electron chi connectivity index (χ4n) is 2.23. The maximum atomic E-state index is 5.54. The molecule has 1 aliphatic rings. The van der Waals surface area contributed by atoms with Gasteiger partial charge in [-0.2, -0.15) is 0 Å². The Bertz CT molecular complexity index is 360. The number of benzene rings is 1. The molecule has 0 amide bonds. The second-order valence-electron chi connectivity index (χ2n) is 4.84. The van der Waals surface area contributed by atoms with Crippen molar-refractivity contribution in [3.8, 4) is 5.75 Å². The Morgan fingerprint density at radius 3 is 2.94 bits per heavy atom. The van der Waals surface area contributed by atoms with Crippen LogP contribution in [-0.4, -0.2) is 13.2 Å². The highest BCUT2D eigenvalue weighted by Crippen LogP contribution is 2.31. The van der Waals surface area contributed by atoms with Gasteiger partial charge in [0.2, 0.25) is 0 Å². The van der Waals surface area contributed by atoms with Gasteiger partial charge >= 0.3 is 0 Å². The van der Waals surface area contributed by atoms with Crippen molar-refractivity contribution >= 4 is 5.69 Å². The second-order valence-corrected chi connectivity index (χ2v) is 4.84. The average Bonchev–Trinajstić information content (AvgIpc) is 2.28. The maximum absolute atomic E-state index is 5.54. The minimum absolute atomic E-state index is 0.733. The van der Waals surface area contributed by atoms with Crippen LogP contribution in [0.2, 0.25) is 0 Å². The van der Waals surface area contributed by atoms with Gasteiger partial charge < -0.3 is 10.1 Å². The van der Waals surface area contributed by atoms with Crippen LogP contribution < -0.4 is 10.1 Å². The number of fused-ring (bicyclic) bond motifs is 1. The Hall–Kier alpha value is -1.18. The third-order valence-corrected chi connectivity index (χ3v) is 3.37. The van der Waals surface area contributed by atoms with E-state index in [9.17, 15) is 0 Å². The number of rotatable bonds is 3. The topological polar surface area (TPSA) is 21.3 Å². The lowest BCUT2D eigenvalue weighted by atomic mass is 9.86. The zero-order chi connectivity index (χ0) is 11.5. The predicted octanol–water partition coefficient (Wildman–Crippen LogP) is 3.33. The molecule has 1 aromatic rings. The number of hydrogen-bond acceptors (Lipinski definition) is 2. The summed E-state index contributed by atoms with van der Waals surface area (Å²) >= 11 is 0. The molecule has 1 aliphatic heterocycles. The van der Waals surface area contributed by atoms with Crippen molar-refractivity contribution in [1.29, 1.82) is 0 Å². The van der Waals surface area contributed by atoms with Gasteiger partial charge in [-0.15, -0.1) is 0 Å². The molecule has 2 rings (SSSR count). The third-order valence-electron chi connectivity index (χ3n) is 3.37. The molecule has 2 nitrogen and oxygen atoms in total. The van der Waals surface area contributed by atoms with Crippen LogP contribution in [-0.2, 0) is 6.42 Å². The molecule has 0 saturated heterocycles. The molecule has 0 aliphatic carbocycles. The zero-order valence-electron chi connectivity index (χ0n) is 10.4. The second kappa shape index (κ2) is 4.77. The number of hydrogen-bond donors (Lipinski definition) is 1. The lowest BCUT2D eigenvalue weighted by Gasteiger charge is -2.29. The molecule has 1 aromatic carbocycles. The van der Waals surface area contributed by atoms with Crippen molar-refractivity contribution in [2.45, 2.75) is 27.2 Å². The van der Waals surface area contributed by atoms with Gasteiger partial charge in [0, 0.05) is 12.2 Å². The molecule has 0 bridgehead atoms. The molecule has 0 spiro atoms. The summed E-state index contributed by atoms with van der Waals surface area (Å²) in [5.41, 5.74) is 2.68. The summed E-state index contributed by atoms with van der Waals surface area (Å²) in [5, 5.41) is 3.51. The van der Waals surface area contributed by atoms with Gasteiger partial charge in [-0.3, -0.25) is 0 Å². The summed E-state index contributed by atoms with van der Waals surface area (Å²) in [6, 6.07) is 6.36. The first kappa shape index (κ1) is 11.3. The standard InChI is InChI=1S/C14H21NO/c1-4-16-13-5-6-14-11(8-13)7-12(9-15-14)10(2)3/h5-6,8,10,12,15H,4,7,9H2,1-3H3. The van der Waals surface area contributed by atoms with E-state index in [1.54, 1.807) is 0 Å². The fraction of sp³-hybridized carbons (Fsp3) is 0.571. The fourth-order valence-corrected chi connectivity index (χ4v) is 2.23. The van der Waals surface area contributed by atoms with Crippen molar-refractivity contribution in [1.82, 2.24) is 0 Å². The largest absolute Gasteiger partial charge is 0.494 e. The summed E-state index contributed by atoms with van der Waals surface area (Å²) in [4.78, 5) is 0. The van der Waals surface area contributed by atoms with E-state index in [1.807, 2.05) is 13.0 Å². The minimum atomic E-state index is 0.733. The molecule has 88 valence electrons. The van der Waals surface area contributed by atoms with E-state index in [0.717, 1.165) is 30.7 Å². The Morgan fingerprint density at radius 2 is 2.25 bits per heavy atom. The van der Waals surface area contributed by atoms with Crippen molar-refractivity contribution in [2.75, 3.05) is 18.5 Å². The van der Waals surface area contributed by atoms with E-state index in [0.29, 0.717) is 0 Å². The van der Waals surface area contributed by atoms with Gasteiger partial charge in [0.05, 0.1) is 6.61 Å². The van der Waals surface area contributed by atoms with E-state index in [2.05, 4.69) is 31.3 Å². The van der Waals surface area contributed by atoms with Gasteiger partial charge in [-0.1, -0.05) is 13.8 Å². The maximum Gasteiger partial charge on any atom is 0.119 e. The third kappa shape index (κ3) is 2.31. The smallest absolute Gasteiger partial charge is 0.119 e. The Kier molecular flexibility index (Phi) is 3.37. The highest BCUT2D eigenvalue weighted by Gasteiger charge is 2.20. The van der Waals surface area contributed by atoms with Crippen LogP contribution in [0.1, 0.15) is 26.3 Å². The number of ether oxygens (including phenoxy) is 1. The van der Waals surface area contributed by atoms with Gasteiger partial charge in [0.1, 0.15) is 5.75 Å². The summed E-state index contributed by atoms with van der Waals surface area (Å²) in [6.07, 6.45) is 1.17. The minimum Gasteiger partial charge on any atom is -0.494 e. The Morgan fingerprint density at radius 1 is 1.44 bits per heavy atom. The molecule has 1 N–H and O–H groups in total. The first-order valence-corrected chi connectivity index (χ1v) is 6.20. The number of nitrogens with one attached hydrogen (secondary N) is 1. The van der Waals surface area contributed by atoms with Gasteiger partial charge in [-0.05, 0) is 48.9 Å². The molecule has 0 fully saturated rings. The van der Waals surface area contributed by atoms with Crippen LogP contribution in [0.4, 0.5) is 5.69 Å². The Balaban J connectivity index is 2.18. The molecule has 0 radical (unpaired) electrons. The molecule has 0 aromatic heterocycles. The SMILES string of the molecule is CCOc1ccc2c(c1)CC(C(C)C)CN2. The molecule has 1 unspecified atom stereocenters. The van der Waals surface area contributed by atoms with Gasteiger partial charge in [0.15, 0.2) is 0 Å². The van der Waals surface area contributed by atoms with Crippen LogP contribution in [0.5, 0.6) is 5.75 Å². The molecule has 1 heterocycles. The molecular weight excluding hydrogens is 198 g/mol. The van der Waals surface area contributed by atoms with Crippen LogP contribution in [0, 0.1) is 11.8 Å². The van der Waals surface area contributed by atoms with E-state index < -0.39 is 0 Å². The first-order valence-electron chi connectivity index (χ1n) is 6.20. The summed E-state index contributed by atoms with van der Waals surface area (Å²) in [6.45, 7) is 8.45. The van der Waals surface area contributed by atoms with Crippen molar-refractivity contribution in [2.24, 2.45) is 11.8 Å². The van der Waals surface area contributed by atoms with Gasteiger partial charge in [0.25, 0.3) is 0 Å². The molecular formula is C14H21NO. The summed E-state index contributed by atoms with van der Waals surface area (Å²) in [5.74, 6) is 2.47. The predicted molar refractivity (Wildman–Crippen MR) is 68.1 cm³/mol. The number of anilines is 1. The van der Waals surface area contributed by atoms with Crippen LogP contribution in [0.3, 0.4) is 0 Å². The zero-order valence-corrected chi connectivity index (χ0v) is 10.4.